The van der Waals surface area contributed by atoms with Gasteiger partial charge in [0.05, 0.1) is 47.0 Å². The summed E-state index contributed by atoms with van der Waals surface area (Å²) in [6.07, 6.45) is 2.81. The largest absolute Gasteiger partial charge is 0.480 e. The quantitative estimate of drug-likeness (QED) is 0.112. The number of carbonyl (C=O) groups excluding carboxylic acids is 4. The van der Waals surface area contributed by atoms with E-state index < -0.39 is 12.0 Å². The Morgan fingerprint density at radius 1 is 0.846 bits per heavy atom. The van der Waals surface area contributed by atoms with Gasteiger partial charge in [-0.2, -0.15) is 0 Å². The second kappa shape index (κ2) is 19.5. The van der Waals surface area contributed by atoms with Gasteiger partial charge in [-0.05, 0) is 12.8 Å². The summed E-state index contributed by atoms with van der Waals surface area (Å²) in [5, 5.41) is 17.2. The van der Waals surface area contributed by atoms with Crippen LogP contribution in [0.2, 0.25) is 0 Å². The lowest BCUT2D eigenvalue weighted by Crippen LogP contribution is -2.50. The monoisotopic (exact) mass is 559 g/mol. The summed E-state index contributed by atoms with van der Waals surface area (Å²) in [6.45, 7) is 9.98. The number of carbonyl (C=O) groups is 5. The second-order valence-electron chi connectivity index (χ2n) is 11.3. The van der Waals surface area contributed by atoms with Crippen molar-refractivity contribution in [2.75, 3.05) is 66.7 Å². The van der Waals surface area contributed by atoms with Crippen molar-refractivity contribution in [1.82, 2.24) is 16.0 Å². The Hall–Kier alpha value is -2.57. The molecule has 0 rings (SSSR count). The van der Waals surface area contributed by atoms with Gasteiger partial charge in [0.2, 0.25) is 17.7 Å². The Balaban J connectivity index is 3.89. The molecule has 4 N–H and O–H groups in total. The van der Waals surface area contributed by atoms with E-state index in [0.29, 0.717) is 30.5 Å². The number of quaternary nitrogens is 1. The molecule has 12 heteroatoms. The number of rotatable bonds is 22. The van der Waals surface area contributed by atoms with E-state index >= 15 is 0 Å². The predicted molar refractivity (Wildman–Crippen MR) is 147 cm³/mol. The summed E-state index contributed by atoms with van der Waals surface area (Å²) in [7, 11) is 3.91. The number of unbranched alkanes of at least 4 members (excludes halogenated alkanes) is 2. The number of carboxylic acid groups (broad SMARTS) is 1. The molecule has 39 heavy (non-hydrogen) atoms. The van der Waals surface area contributed by atoms with E-state index in [1.165, 1.54) is 0 Å². The molecular weight excluding hydrogens is 508 g/mol. The maximum absolute atomic E-state index is 12.2. The van der Waals surface area contributed by atoms with Crippen molar-refractivity contribution < 1.29 is 43.0 Å². The Morgan fingerprint density at radius 3 is 2.10 bits per heavy atom. The van der Waals surface area contributed by atoms with Crippen LogP contribution in [0.3, 0.4) is 0 Å². The minimum Gasteiger partial charge on any atom is -0.480 e. The van der Waals surface area contributed by atoms with Crippen LogP contribution < -0.4 is 16.0 Å². The molecule has 0 saturated heterocycles. The highest BCUT2D eigenvalue weighted by atomic mass is 16.5. The van der Waals surface area contributed by atoms with E-state index in [2.05, 4.69) is 16.0 Å². The number of Topliss-reactive ketones (excluding diaryl/α,β-unsaturated/α-hetero) is 1. The fraction of sp³-hybridized carbons (Fsp3) is 0.815. The zero-order valence-electron chi connectivity index (χ0n) is 24.7. The molecule has 0 aromatic rings. The van der Waals surface area contributed by atoms with Gasteiger partial charge >= 0.3 is 5.97 Å². The first-order valence-corrected chi connectivity index (χ1v) is 13.7. The Morgan fingerprint density at radius 2 is 1.49 bits per heavy atom. The molecule has 0 aromatic carbocycles. The highest BCUT2D eigenvalue weighted by molar-refractivity contribution is 5.85. The van der Waals surface area contributed by atoms with E-state index in [1.54, 1.807) is 0 Å². The van der Waals surface area contributed by atoms with Gasteiger partial charge in [0.25, 0.3) is 0 Å². The summed E-state index contributed by atoms with van der Waals surface area (Å²) in [5.74, 6) is -1.90. The molecule has 0 saturated carbocycles. The number of hydrogen-bond acceptors (Lipinski definition) is 7. The van der Waals surface area contributed by atoms with Crippen LogP contribution in [-0.4, -0.2) is 112 Å². The van der Waals surface area contributed by atoms with Crippen LogP contribution in [0.25, 0.3) is 0 Å². The van der Waals surface area contributed by atoms with Crippen molar-refractivity contribution in [2.45, 2.75) is 72.3 Å². The zero-order chi connectivity index (χ0) is 29.9. The molecule has 0 fully saturated rings. The maximum atomic E-state index is 12.2. The highest BCUT2D eigenvalue weighted by Crippen LogP contribution is 2.16. The predicted octanol–water partition coefficient (Wildman–Crippen LogP) is 0.874. The van der Waals surface area contributed by atoms with Gasteiger partial charge in [-0.3, -0.25) is 19.2 Å². The van der Waals surface area contributed by atoms with Gasteiger partial charge in [0, 0.05) is 24.8 Å². The van der Waals surface area contributed by atoms with E-state index in [4.69, 9.17) is 9.47 Å². The average molecular weight is 560 g/mol. The number of likely N-dealkylation sites (N-methyl/N-ethyl adjacent to an activating group) is 1. The molecule has 12 nitrogen and oxygen atoms in total. The number of carboxylic acids is 1. The van der Waals surface area contributed by atoms with Crippen LogP contribution in [0.15, 0.2) is 0 Å². The van der Waals surface area contributed by atoms with Crippen molar-refractivity contribution >= 4 is 29.5 Å². The summed E-state index contributed by atoms with van der Waals surface area (Å²) in [5.41, 5.74) is -0.390. The molecule has 226 valence electrons. The number of hydrogen-bond donors (Lipinski definition) is 4. The molecule has 0 aliphatic heterocycles. The normalized spacial score (nSPS) is 12.5. The number of amides is 3. The van der Waals surface area contributed by atoms with Crippen LogP contribution in [0.4, 0.5) is 0 Å². The topological polar surface area (TPSA) is 160 Å². The van der Waals surface area contributed by atoms with Gasteiger partial charge in [0.15, 0.2) is 5.78 Å². The van der Waals surface area contributed by atoms with Crippen molar-refractivity contribution in [2.24, 2.45) is 5.41 Å². The van der Waals surface area contributed by atoms with Crippen LogP contribution in [-0.2, 0) is 33.4 Å². The number of aliphatic carboxylic acids is 1. The fourth-order valence-corrected chi connectivity index (χ4v) is 3.32. The van der Waals surface area contributed by atoms with Gasteiger partial charge in [0.1, 0.15) is 19.2 Å². The highest BCUT2D eigenvalue weighted by Gasteiger charge is 2.28. The molecule has 0 aliphatic rings. The summed E-state index contributed by atoms with van der Waals surface area (Å²) in [4.78, 5) is 59.3. The Bertz CT molecular complexity index is 780. The number of ketones is 1. The summed E-state index contributed by atoms with van der Waals surface area (Å²) < 4.78 is 11.1. The van der Waals surface area contributed by atoms with Gasteiger partial charge in [-0.25, -0.2) is 4.79 Å². The summed E-state index contributed by atoms with van der Waals surface area (Å²) >= 11 is 0. The first-order valence-electron chi connectivity index (χ1n) is 13.7. The van der Waals surface area contributed by atoms with E-state index in [9.17, 15) is 29.1 Å². The molecule has 0 radical (unpaired) electrons. The molecule has 0 heterocycles. The minimum atomic E-state index is -1.17. The van der Waals surface area contributed by atoms with E-state index in [0.717, 1.165) is 12.8 Å². The first-order chi connectivity index (χ1) is 18.2. The third kappa shape index (κ3) is 20.1. The third-order valence-corrected chi connectivity index (χ3v) is 5.92. The van der Waals surface area contributed by atoms with Crippen LogP contribution in [0, 0.1) is 5.41 Å². The first kappa shape index (κ1) is 36.4. The summed E-state index contributed by atoms with van der Waals surface area (Å²) in [6, 6.07) is -1.10. The molecule has 0 spiro atoms. The Labute approximate surface area is 233 Å². The van der Waals surface area contributed by atoms with Crippen molar-refractivity contribution in [3.63, 3.8) is 0 Å². The lowest BCUT2D eigenvalue weighted by Gasteiger charge is -2.31. The van der Waals surface area contributed by atoms with Crippen LogP contribution in [0.5, 0.6) is 0 Å². The number of nitrogens with zero attached hydrogens (tertiary/aromatic N) is 1. The van der Waals surface area contributed by atoms with Crippen LogP contribution >= 0.6 is 0 Å². The lowest BCUT2D eigenvalue weighted by molar-refractivity contribution is -0.881. The minimum absolute atomic E-state index is 0.00298. The lowest BCUT2D eigenvalue weighted by atomic mass is 9.90. The van der Waals surface area contributed by atoms with Gasteiger partial charge < -0.3 is 35.0 Å². The molecule has 3 amide bonds. The maximum Gasteiger partial charge on any atom is 0.326 e. The standard InChI is InChI=1S/C27H50N4O8/c1-7-8-9-10-24(34)30-21(26(36)37)11-12-23(33)29-14-16-38-17-18-39-20-25(35)28-13-15-31(5,6)19-22(32)27(2,3)4/h21H,7-20H2,1-6H3,(H3-,28,29,30,33,34,35,36,37)/p+1. The van der Waals surface area contributed by atoms with Crippen molar-refractivity contribution in [3.05, 3.63) is 0 Å². The fourth-order valence-electron chi connectivity index (χ4n) is 3.32. The van der Waals surface area contributed by atoms with Crippen LogP contribution in [0.1, 0.15) is 66.2 Å². The van der Waals surface area contributed by atoms with Gasteiger partial charge in [-0.1, -0.05) is 40.5 Å². The number of ether oxygens (including phenoxy) is 2. The van der Waals surface area contributed by atoms with E-state index in [1.807, 2.05) is 41.8 Å². The second-order valence-corrected chi connectivity index (χ2v) is 11.3. The molecule has 0 aliphatic carbocycles. The smallest absolute Gasteiger partial charge is 0.326 e. The van der Waals surface area contributed by atoms with E-state index in [-0.39, 0.29) is 81.2 Å². The zero-order valence-corrected chi connectivity index (χ0v) is 24.7. The van der Waals surface area contributed by atoms with Crippen molar-refractivity contribution in [1.29, 1.82) is 0 Å². The molecule has 1 unspecified atom stereocenters. The number of nitrogens with one attached hydrogen (secondary N) is 3. The average Bonchev–Trinajstić information content (AvgIpc) is 2.82. The molecule has 1 atom stereocenters. The molecule has 0 bridgehead atoms. The Kier molecular flexibility index (Phi) is 18.2. The SMILES string of the molecule is CCCCCC(=O)NC(CCC(=O)NCCOCCOCC(=O)NCC[N+](C)(C)CC(=O)C(C)(C)C)C(=O)O. The van der Waals surface area contributed by atoms with Gasteiger partial charge in [-0.15, -0.1) is 0 Å². The van der Waals surface area contributed by atoms with Crippen molar-refractivity contribution in [3.8, 4) is 0 Å². The molecule has 0 aromatic heterocycles. The third-order valence-electron chi connectivity index (χ3n) is 5.92. The molecular formula is C27H51N4O8+.